The van der Waals surface area contributed by atoms with Crippen LogP contribution in [0.4, 0.5) is 0 Å². The van der Waals surface area contributed by atoms with Crippen LogP contribution in [0.25, 0.3) is 9.88 Å². The van der Waals surface area contributed by atoms with Crippen molar-refractivity contribution < 1.29 is 4.79 Å². The predicted molar refractivity (Wildman–Crippen MR) is 72.4 cm³/mol. The van der Waals surface area contributed by atoms with Crippen LogP contribution in [-0.2, 0) is 11.2 Å². The maximum atomic E-state index is 11.5. The second kappa shape index (κ2) is 5.93. The Hall–Kier alpha value is -1.20. The number of thiazole rings is 1. The highest BCUT2D eigenvalue weighted by atomic mass is 32.1. The standard InChI is InChI=1S/C12H14N2OS2/c1-2-5-13-11(15)7-9-8-17-12(14-9)10-4-3-6-16-10/h3-4,6,8H,2,5,7H2,1H3,(H,13,15). The molecule has 0 saturated carbocycles. The van der Waals surface area contributed by atoms with E-state index in [0.717, 1.165) is 28.5 Å². The third kappa shape index (κ3) is 3.38. The molecule has 3 nitrogen and oxygen atoms in total. The number of rotatable bonds is 5. The van der Waals surface area contributed by atoms with Gasteiger partial charge in [0.2, 0.25) is 5.91 Å². The van der Waals surface area contributed by atoms with Gasteiger partial charge in [-0.25, -0.2) is 4.98 Å². The minimum Gasteiger partial charge on any atom is -0.356 e. The molecule has 2 heterocycles. The highest BCUT2D eigenvalue weighted by Gasteiger charge is 2.08. The third-order valence-electron chi connectivity index (χ3n) is 2.20. The van der Waals surface area contributed by atoms with E-state index in [1.54, 1.807) is 22.7 Å². The molecule has 0 spiro atoms. The summed E-state index contributed by atoms with van der Waals surface area (Å²) >= 11 is 3.26. The quantitative estimate of drug-likeness (QED) is 0.904. The summed E-state index contributed by atoms with van der Waals surface area (Å²) in [4.78, 5) is 17.2. The minimum atomic E-state index is 0.0508. The monoisotopic (exact) mass is 266 g/mol. The second-order valence-electron chi connectivity index (χ2n) is 3.65. The highest BCUT2D eigenvalue weighted by Crippen LogP contribution is 2.27. The summed E-state index contributed by atoms with van der Waals surface area (Å²) in [5.74, 6) is 0.0508. The van der Waals surface area contributed by atoms with E-state index in [1.165, 1.54) is 0 Å². The van der Waals surface area contributed by atoms with Crippen LogP contribution in [-0.4, -0.2) is 17.4 Å². The molecule has 0 radical (unpaired) electrons. The molecule has 17 heavy (non-hydrogen) atoms. The molecule has 2 aromatic heterocycles. The number of nitrogens with one attached hydrogen (secondary N) is 1. The summed E-state index contributed by atoms with van der Waals surface area (Å²) in [5.41, 5.74) is 0.854. The molecule has 0 aliphatic carbocycles. The highest BCUT2D eigenvalue weighted by molar-refractivity contribution is 7.20. The average Bonchev–Trinajstić information content (AvgIpc) is 2.95. The normalized spacial score (nSPS) is 10.4. The number of hydrogen-bond acceptors (Lipinski definition) is 4. The molecule has 0 atom stereocenters. The van der Waals surface area contributed by atoms with Crippen LogP contribution in [0.3, 0.4) is 0 Å². The Bertz CT molecular complexity index is 476. The molecule has 90 valence electrons. The summed E-state index contributed by atoms with van der Waals surface area (Å²) in [6, 6.07) is 4.06. The summed E-state index contributed by atoms with van der Waals surface area (Å²) in [6.07, 6.45) is 1.34. The van der Waals surface area contributed by atoms with Crippen molar-refractivity contribution in [2.24, 2.45) is 0 Å². The molecule has 0 unspecified atom stereocenters. The Kier molecular flexibility index (Phi) is 4.28. The lowest BCUT2D eigenvalue weighted by atomic mass is 10.3. The molecule has 0 fully saturated rings. The SMILES string of the molecule is CCCNC(=O)Cc1csc(-c2cccs2)n1. The number of carbonyl (C=O) groups is 1. The molecule has 0 aliphatic rings. The number of hydrogen-bond donors (Lipinski definition) is 1. The first-order valence-electron chi connectivity index (χ1n) is 5.54. The van der Waals surface area contributed by atoms with Gasteiger partial charge in [0.1, 0.15) is 5.01 Å². The van der Waals surface area contributed by atoms with Crippen LogP contribution in [0.1, 0.15) is 19.0 Å². The third-order valence-corrected chi connectivity index (χ3v) is 4.13. The van der Waals surface area contributed by atoms with Crippen molar-refractivity contribution in [2.75, 3.05) is 6.54 Å². The first kappa shape index (κ1) is 12.3. The maximum absolute atomic E-state index is 11.5. The molecule has 0 saturated heterocycles. The first-order chi connectivity index (χ1) is 8.29. The number of thiophene rings is 1. The molecule has 2 aromatic rings. The minimum absolute atomic E-state index is 0.0508. The van der Waals surface area contributed by atoms with Gasteiger partial charge in [-0.2, -0.15) is 0 Å². The number of aromatic nitrogens is 1. The Labute approximate surface area is 109 Å². The smallest absolute Gasteiger partial charge is 0.226 e. The second-order valence-corrected chi connectivity index (χ2v) is 5.45. The van der Waals surface area contributed by atoms with Crippen molar-refractivity contribution in [1.82, 2.24) is 10.3 Å². The van der Waals surface area contributed by atoms with Crippen LogP contribution in [0.15, 0.2) is 22.9 Å². The van der Waals surface area contributed by atoms with Crippen LogP contribution < -0.4 is 5.32 Å². The summed E-state index contributed by atoms with van der Waals surface area (Å²) in [7, 11) is 0. The molecule has 1 N–H and O–H groups in total. The van der Waals surface area contributed by atoms with Crippen molar-refractivity contribution in [3.63, 3.8) is 0 Å². The van der Waals surface area contributed by atoms with Crippen LogP contribution in [0.5, 0.6) is 0 Å². The molecular formula is C12H14N2OS2. The van der Waals surface area contributed by atoms with E-state index in [-0.39, 0.29) is 5.91 Å². The maximum Gasteiger partial charge on any atom is 0.226 e. The fraction of sp³-hybridized carbons (Fsp3) is 0.333. The fourth-order valence-corrected chi connectivity index (χ4v) is 3.03. The lowest BCUT2D eigenvalue weighted by Crippen LogP contribution is -2.25. The Morgan fingerprint density at radius 3 is 3.06 bits per heavy atom. The van der Waals surface area contributed by atoms with Gasteiger partial charge in [0.05, 0.1) is 17.0 Å². The molecule has 0 aliphatic heterocycles. The molecular weight excluding hydrogens is 252 g/mol. The summed E-state index contributed by atoms with van der Waals surface area (Å²) in [5, 5.41) is 7.84. The van der Waals surface area contributed by atoms with Crippen molar-refractivity contribution in [1.29, 1.82) is 0 Å². The average molecular weight is 266 g/mol. The number of amides is 1. The van der Waals surface area contributed by atoms with Gasteiger partial charge in [-0.1, -0.05) is 13.0 Å². The number of carbonyl (C=O) groups excluding carboxylic acids is 1. The molecule has 0 aromatic carbocycles. The first-order valence-corrected chi connectivity index (χ1v) is 7.30. The Balaban J connectivity index is 1.97. The van der Waals surface area contributed by atoms with Gasteiger partial charge >= 0.3 is 0 Å². The molecule has 2 rings (SSSR count). The van der Waals surface area contributed by atoms with Crippen molar-refractivity contribution in [3.05, 3.63) is 28.6 Å². The van der Waals surface area contributed by atoms with Crippen molar-refractivity contribution in [3.8, 4) is 9.88 Å². The zero-order chi connectivity index (χ0) is 12.1. The molecule has 0 bridgehead atoms. The zero-order valence-electron chi connectivity index (χ0n) is 9.60. The van der Waals surface area contributed by atoms with Crippen molar-refractivity contribution >= 4 is 28.6 Å². The van der Waals surface area contributed by atoms with E-state index in [4.69, 9.17) is 0 Å². The van der Waals surface area contributed by atoms with Crippen LogP contribution >= 0.6 is 22.7 Å². The van der Waals surface area contributed by atoms with E-state index in [1.807, 2.05) is 29.8 Å². The van der Waals surface area contributed by atoms with E-state index >= 15 is 0 Å². The summed E-state index contributed by atoms with van der Waals surface area (Å²) < 4.78 is 0. The van der Waals surface area contributed by atoms with Gasteiger partial charge in [-0.05, 0) is 17.9 Å². The van der Waals surface area contributed by atoms with Gasteiger partial charge in [-0.3, -0.25) is 4.79 Å². The molecule has 1 amide bonds. The number of nitrogens with zero attached hydrogens (tertiary/aromatic N) is 1. The Morgan fingerprint density at radius 1 is 1.47 bits per heavy atom. The lowest BCUT2D eigenvalue weighted by molar-refractivity contribution is -0.120. The predicted octanol–water partition coefficient (Wildman–Crippen LogP) is 2.94. The van der Waals surface area contributed by atoms with Gasteiger partial charge < -0.3 is 5.32 Å². The molecule has 5 heteroatoms. The van der Waals surface area contributed by atoms with E-state index in [2.05, 4.69) is 10.3 Å². The largest absolute Gasteiger partial charge is 0.356 e. The van der Waals surface area contributed by atoms with Gasteiger partial charge in [-0.15, -0.1) is 22.7 Å². The van der Waals surface area contributed by atoms with E-state index < -0.39 is 0 Å². The summed E-state index contributed by atoms with van der Waals surface area (Å²) in [6.45, 7) is 2.78. The fourth-order valence-electron chi connectivity index (χ4n) is 1.39. The van der Waals surface area contributed by atoms with E-state index in [0.29, 0.717) is 6.42 Å². The van der Waals surface area contributed by atoms with Gasteiger partial charge in [0, 0.05) is 11.9 Å². The lowest BCUT2D eigenvalue weighted by Gasteiger charge is -2.00. The topological polar surface area (TPSA) is 42.0 Å². The zero-order valence-corrected chi connectivity index (χ0v) is 11.2. The Morgan fingerprint density at radius 2 is 2.35 bits per heavy atom. The van der Waals surface area contributed by atoms with E-state index in [9.17, 15) is 4.79 Å². The van der Waals surface area contributed by atoms with Crippen molar-refractivity contribution in [2.45, 2.75) is 19.8 Å². The van der Waals surface area contributed by atoms with Crippen LogP contribution in [0.2, 0.25) is 0 Å². The van der Waals surface area contributed by atoms with Gasteiger partial charge in [0.15, 0.2) is 0 Å². The van der Waals surface area contributed by atoms with Gasteiger partial charge in [0.25, 0.3) is 0 Å². The van der Waals surface area contributed by atoms with Crippen LogP contribution in [0, 0.1) is 0 Å².